The summed E-state index contributed by atoms with van der Waals surface area (Å²) in [5.74, 6) is 0. The topological polar surface area (TPSA) is 34.1 Å². The molecule has 0 aliphatic carbocycles. The maximum atomic E-state index is 5.73. The minimum absolute atomic E-state index is 0.377. The molecule has 0 aliphatic heterocycles. The van der Waals surface area contributed by atoms with Crippen LogP contribution in [-0.4, -0.2) is 23.7 Å². The summed E-state index contributed by atoms with van der Waals surface area (Å²) in [5.41, 5.74) is 0.784. The predicted molar refractivity (Wildman–Crippen MR) is 65.0 cm³/mol. The molecule has 1 N–H and O–H groups in total. The van der Waals surface area contributed by atoms with E-state index in [1.807, 2.05) is 0 Å². The van der Waals surface area contributed by atoms with Crippen molar-refractivity contribution in [1.82, 2.24) is 4.98 Å². The molecule has 0 spiro atoms. The van der Waals surface area contributed by atoms with Crippen molar-refractivity contribution < 1.29 is 4.74 Å². The van der Waals surface area contributed by atoms with E-state index in [2.05, 4.69) is 26.2 Å². The van der Waals surface area contributed by atoms with Gasteiger partial charge in [0.15, 0.2) is 0 Å². The maximum absolute atomic E-state index is 5.73. The van der Waals surface area contributed by atoms with Crippen LogP contribution in [0.2, 0.25) is 5.15 Å². The van der Waals surface area contributed by atoms with Crippen molar-refractivity contribution in [2.75, 3.05) is 19.0 Å². The van der Waals surface area contributed by atoms with Crippen LogP contribution < -0.4 is 5.32 Å². The van der Waals surface area contributed by atoms with E-state index in [1.54, 1.807) is 19.4 Å². The molecule has 0 amide bonds. The Hall–Kier alpha value is -0.230. The molecule has 0 unspecified atom stereocenters. The highest BCUT2D eigenvalue weighted by Crippen LogP contribution is 2.23. The van der Waals surface area contributed by atoms with Gasteiger partial charge in [-0.1, -0.05) is 23.8 Å². The summed E-state index contributed by atoms with van der Waals surface area (Å²) < 4.78 is 5.68. The molecule has 0 saturated carbocycles. The zero-order valence-electron chi connectivity index (χ0n) is 7.38. The standard InChI is InChI=1S/C8H8BrClN2OS/c1-13-4-8(14)12-6-2-7(10)11-3-5(6)9/h2-3H,4H2,1H3,(H,11,12,14). The molecule has 76 valence electrons. The van der Waals surface area contributed by atoms with E-state index in [1.165, 1.54) is 0 Å². The summed E-state index contributed by atoms with van der Waals surface area (Å²) >= 11 is 14.1. The normalized spacial score (nSPS) is 9.93. The van der Waals surface area contributed by atoms with Gasteiger partial charge in [-0.3, -0.25) is 0 Å². The fourth-order valence-electron chi connectivity index (χ4n) is 0.826. The van der Waals surface area contributed by atoms with Crippen LogP contribution in [0.15, 0.2) is 16.7 Å². The van der Waals surface area contributed by atoms with E-state index < -0.39 is 0 Å². The van der Waals surface area contributed by atoms with Crippen LogP contribution in [0.1, 0.15) is 0 Å². The lowest BCUT2D eigenvalue weighted by Gasteiger charge is -2.08. The Morgan fingerprint density at radius 1 is 1.79 bits per heavy atom. The van der Waals surface area contributed by atoms with Crippen LogP contribution in [0.25, 0.3) is 0 Å². The summed E-state index contributed by atoms with van der Waals surface area (Å²) in [6.07, 6.45) is 1.61. The number of pyridine rings is 1. The van der Waals surface area contributed by atoms with Crippen molar-refractivity contribution in [1.29, 1.82) is 0 Å². The second-order valence-corrected chi connectivity index (χ2v) is 4.20. The van der Waals surface area contributed by atoms with Crippen LogP contribution in [0.3, 0.4) is 0 Å². The quantitative estimate of drug-likeness (QED) is 0.687. The van der Waals surface area contributed by atoms with Gasteiger partial charge < -0.3 is 10.1 Å². The Balaban J connectivity index is 2.75. The second-order valence-electron chi connectivity index (χ2n) is 2.47. The Morgan fingerprint density at radius 3 is 3.14 bits per heavy atom. The number of methoxy groups -OCH3 is 1. The first-order chi connectivity index (χ1) is 6.63. The van der Waals surface area contributed by atoms with Gasteiger partial charge in [-0.15, -0.1) is 0 Å². The lowest BCUT2D eigenvalue weighted by atomic mass is 10.4. The van der Waals surface area contributed by atoms with Crippen LogP contribution in [-0.2, 0) is 4.74 Å². The second kappa shape index (κ2) is 5.60. The Morgan fingerprint density at radius 2 is 2.50 bits per heavy atom. The fraction of sp³-hybridized carbons (Fsp3) is 0.250. The molecule has 0 atom stereocenters. The molecule has 1 aromatic rings. The molecule has 1 aromatic heterocycles. The van der Waals surface area contributed by atoms with Gasteiger partial charge in [-0.25, -0.2) is 4.98 Å². The van der Waals surface area contributed by atoms with Crippen LogP contribution in [0.4, 0.5) is 5.69 Å². The number of ether oxygens (including phenoxy) is 1. The average Bonchev–Trinajstić information content (AvgIpc) is 2.12. The van der Waals surface area contributed by atoms with Crippen molar-refractivity contribution in [3.05, 3.63) is 21.9 Å². The monoisotopic (exact) mass is 294 g/mol. The smallest absolute Gasteiger partial charge is 0.131 e. The molecule has 0 radical (unpaired) electrons. The highest BCUT2D eigenvalue weighted by molar-refractivity contribution is 9.10. The van der Waals surface area contributed by atoms with Gasteiger partial charge in [-0.2, -0.15) is 0 Å². The van der Waals surface area contributed by atoms with E-state index in [0.717, 1.165) is 10.2 Å². The predicted octanol–water partition coefficient (Wildman–Crippen LogP) is 2.88. The van der Waals surface area contributed by atoms with Crippen LogP contribution in [0, 0.1) is 0 Å². The third kappa shape index (κ3) is 3.49. The van der Waals surface area contributed by atoms with Gasteiger partial charge in [0.25, 0.3) is 0 Å². The Bertz CT molecular complexity index is 348. The summed E-state index contributed by atoms with van der Waals surface area (Å²) in [4.78, 5) is 4.49. The molecule has 6 heteroatoms. The number of anilines is 1. The van der Waals surface area contributed by atoms with E-state index in [4.69, 9.17) is 28.6 Å². The maximum Gasteiger partial charge on any atom is 0.131 e. The molecular formula is C8H8BrClN2OS. The third-order valence-electron chi connectivity index (χ3n) is 1.37. The highest BCUT2D eigenvalue weighted by Gasteiger charge is 2.03. The number of halogens is 2. The zero-order valence-corrected chi connectivity index (χ0v) is 10.5. The van der Waals surface area contributed by atoms with Gasteiger partial charge in [-0.05, 0) is 15.9 Å². The van der Waals surface area contributed by atoms with Gasteiger partial charge in [0.05, 0.1) is 16.8 Å². The summed E-state index contributed by atoms with van der Waals surface area (Å²) in [6.45, 7) is 0.377. The number of thiocarbonyl (C=S) groups is 1. The van der Waals surface area contributed by atoms with Gasteiger partial charge >= 0.3 is 0 Å². The van der Waals surface area contributed by atoms with E-state index in [9.17, 15) is 0 Å². The van der Waals surface area contributed by atoms with Gasteiger partial charge in [0, 0.05) is 19.4 Å². The number of nitrogens with one attached hydrogen (secondary N) is 1. The Labute approximate surface area is 101 Å². The van der Waals surface area contributed by atoms with E-state index in [0.29, 0.717) is 16.7 Å². The number of nitrogens with zero attached hydrogens (tertiary/aromatic N) is 1. The summed E-state index contributed by atoms with van der Waals surface area (Å²) in [5, 5.41) is 3.40. The van der Waals surface area contributed by atoms with E-state index in [-0.39, 0.29) is 0 Å². The van der Waals surface area contributed by atoms with Crippen molar-refractivity contribution in [2.45, 2.75) is 0 Å². The highest BCUT2D eigenvalue weighted by atomic mass is 79.9. The minimum atomic E-state index is 0.377. The fourth-order valence-corrected chi connectivity index (χ4v) is 1.53. The lowest BCUT2D eigenvalue weighted by molar-refractivity contribution is 0.247. The SMILES string of the molecule is COCC(=S)Nc1cc(Cl)ncc1Br. The van der Waals surface area contributed by atoms with E-state index >= 15 is 0 Å². The largest absolute Gasteiger partial charge is 0.378 e. The molecule has 0 aromatic carbocycles. The first kappa shape index (κ1) is 11.8. The number of hydrogen-bond acceptors (Lipinski definition) is 3. The first-order valence-corrected chi connectivity index (χ1v) is 5.31. The van der Waals surface area contributed by atoms with Crippen molar-refractivity contribution in [2.24, 2.45) is 0 Å². The van der Waals surface area contributed by atoms with Crippen molar-refractivity contribution in [3.63, 3.8) is 0 Å². The summed E-state index contributed by atoms with van der Waals surface area (Å²) in [6, 6.07) is 1.69. The molecule has 0 bridgehead atoms. The van der Waals surface area contributed by atoms with Gasteiger partial charge in [0.1, 0.15) is 10.1 Å². The Kier molecular flexibility index (Phi) is 4.74. The van der Waals surface area contributed by atoms with Crippen LogP contribution in [0.5, 0.6) is 0 Å². The van der Waals surface area contributed by atoms with Crippen LogP contribution >= 0.6 is 39.7 Å². The zero-order chi connectivity index (χ0) is 10.6. The molecule has 0 saturated heterocycles. The van der Waals surface area contributed by atoms with Crippen molar-refractivity contribution >= 4 is 50.4 Å². The molecule has 0 fully saturated rings. The molecular weight excluding hydrogens is 288 g/mol. The number of rotatable bonds is 3. The molecule has 0 aliphatic rings. The van der Waals surface area contributed by atoms with Gasteiger partial charge in [0.2, 0.25) is 0 Å². The molecule has 3 nitrogen and oxygen atoms in total. The summed E-state index contributed by atoms with van der Waals surface area (Å²) in [7, 11) is 1.59. The third-order valence-corrected chi connectivity index (χ3v) is 2.43. The van der Waals surface area contributed by atoms with Crippen molar-refractivity contribution in [3.8, 4) is 0 Å². The molecule has 1 heterocycles. The number of hydrogen-bond donors (Lipinski definition) is 1. The average molecular weight is 296 g/mol. The first-order valence-electron chi connectivity index (χ1n) is 3.73. The molecule has 1 rings (SSSR count). The molecule has 14 heavy (non-hydrogen) atoms. The minimum Gasteiger partial charge on any atom is -0.378 e. The lowest BCUT2D eigenvalue weighted by Crippen LogP contribution is -2.15. The number of aromatic nitrogens is 1.